The molecule has 1 aliphatic rings. The average Bonchev–Trinajstić information content (AvgIpc) is 1.84. The fourth-order valence-corrected chi connectivity index (χ4v) is 1.98. The van der Waals surface area contributed by atoms with Gasteiger partial charge in [-0.25, -0.2) is 0 Å². The third-order valence-corrected chi connectivity index (χ3v) is 3.52. The smallest absolute Gasteiger partial charge is 0.0232 e. The van der Waals surface area contributed by atoms with E-state index in [0.717, 1.165) is 13.1 Å². The summed E-state index contributed by atoms with van der Waals surface area (Å²) in [4.78, 5) is 0. The van der Waals surface area contributed by atoms with E-state index in [0.29, 0.717) is 12.1 Å². The van der Waals surface area contributed by atoms with Gasteiger partial charge >= 0.3 is 0 Å². The molecule has 0 saturated carbocycles. The quantitative estimate of drug-likeness (QED) is 0.510. The highest BCUT2D eigenvalue weighted by molar-refractivity contribution is 7.14. The summed E-state index contributed by atoms with van der Waals surface area (Å²) in [6.45, 7) is 6.79. The van der Waals surface area contributed by atoms with Gasteiger partial charge in [0.15, 0.2) is 0 Å². The number of piperazine rings is 1. The summed E-state index contributed by atoms with van der Waals surface area (Å²) in [5.41, 5.74) is 0. The van der Waals surface area contributed by atoms with Crippen molar-refractivity contribution in [3.05, 3.63) is 0 Å². The zero-order valence-electron chi connectivity index (χ0n) is 6.62. The van der Waals surface area contributed by atoms with E-state index in [1.165, 1.54) is 0 Å². The molecule has 4 heteroatoms. The van der Waals surface area contributed by atoms with E-state index in [4.69, 9.17) is 0 Å². The Morgan fingerprint density at radius 2 is 1.30 bits per heavy atom. The van der Waals surface area contributed by atoms with Crippen LogP contribution in [-0.2, 0) is 0 Å². The van der Waals surface area contributed by atoms with E-state index in [1.807, 2.05) is 0 Å². The second-order valence-electron chi connectivity index (χ2n) is 3.09. The van der Waals surface area contributed by atoms with Gasteiger partial charge in [-0.3, -0.25) is 9.34 Å². The third kappa shape index (κ3) is 1.89. The Kier molecular flexibility index (Phi) is 3.06. The van der Waals surface area contributed by atoms with Crippen LogP contribution in [0.5, 0.6) is 0 Å². The molecular formula is C6H16N2P2. The lowest BCUT2D eigenvalue weighted by Gasteiger charge is -2.39. The van der Waals surface area contributed by atoms with Gasteiger partial charge in [0.2, 0.25) is 0 Å². The van der Waals surface area contributed by atoms with Crippen LogP contribution in [-0.4, -0.2) is 34.5 Å². The third-order valence-electron chi connectivity index (χ3n) is 2.08. The van der Waals surface area contributed by atoms with Gasteiger partial charge < -0.3 is 0 Å². The summed E-state index contributed by atoms with van der Waals surface area (Å²) in [5.74, 6) is 0. The minimum Gasteiger partial charge on any atom is -0.282 e. The normalized spacial score (nSPS) is 38.4. The first-order chi connectivity index (χ1) is 4.61. The minimum absolute atomic E-state index is 0.665. The molecule has 0 aliphatic carbocycles. The molecule has 1 saturated heterocycles. The van der Waals surface area contributed by atoms with Gasteiger partial charge in [-0.05, 0) is 13.8 Å². The van der Waals surface area contributed by atoms with E-state index in [2.05, 4.69) is 42.0 Å². The van der Waals surface area contributed by atoms with Crippen molar-refractivity contribution >= 4 is 18.8 Å². The maximum absolute atomic E-state index is 2.78. The molecule has 0 radical (unpaired) electrons. The van der Waals surface area contributed by atoms with Gasteiger partial charge in [0, 0.05) is 25.2 Å². The molecule has 10 heavy (non-hydrogen) atoms. The summed E-state index contributed by atoms with van der Waals surface area (Å²) in [7, 11) is 5.56. The van der Waals surface area contributed by atoms with Crippen LogP contribution in [0.1, 0.15) is 13.8 Å². The molecule has 0 aromatic carbocycles. The monoisotopic (exact) mass is 178 g/mol. The van der Waals surface area contributed by atoms with Crippen LogP contribution in [0.15, 0.2) is 0 Å². The Labute approximate surface area is 67.9 Å². The van der Waals surface area contributed by atoms with Crippen molar-refractivity contribution in [1.82, 2.24) is 9.34 Å². The van der Waals surface area contributed by atoms with Crippen molar-refractivity contribution < 1.29 is 0 Å². The maximum atomic E-state index is 2.78. The molecule has 1 heterocycles. The van der Waals surface area contributed by atoms with Crippen LogP contribution >= 0.6 is 18.8 Å². The first-order valence-corrected chi connectivity index (χ1v) is 4.67. The average molecular weight is 178 g/mol. The van der Waals surface area contributed by atoms with Crippen molar-refractivity contribution in [2.75, 3.05) is 13.1 Å². The topological polar surface area (TPSA) is 6.48 Å². The van der Waals surface area contributed by atoms with Gasteiger partial charge in [0.1, 0.15) is 0 Å². The molecule has 4 atom stereocenters. The molecule has 60 valence electrons. The van der Waals surface area contributed by atoms with E-state index in [9.17, 15) is 0 Å². The van der Waals surface area contributed by atoms with E-state index in [-0.39, 0.29) is 0 Å². The first-order valence-electron chi connectivity index (χ1n) is 3.64. The summed E-state index contributed by atoms with van der Waals surface area (Å²) in [6, 6.07) is 1.33. The van der Waals surface area contributed by atoms with Gasteiger partial charge in [-0.2, -0.15) is 0 Å². The molecule has 0 amide bonds. The predicted molar refractivity (Wildman–Crippen MR) is 51.8 cm³/mol. The molecule has 0 N–H and O–H groups in total. The molecule has 2 nitrogen and oxygen atoms in total. The summed E-state index contributed by atoms with van der Waals surface area (Å²) < 4.78 is 4.65. The Balaban J connectivity index is 2.46. The zero-order valence-corrected chi connectivity index (χ0v) is 8.93. The van der Waals surface area contributed by atoms with Crippen LogP contribution in [0.3, 0.4) is 0 Å². The fourth-order valence-electron chi connectivity index (χ4n) is 1.18. The predicted octanol–water partition coefficient (Wildman–Crippen LogP) is 0.961. The number of rotatable bonds is 0. The molecule has 0 aromatic heterocycles. The molecule has 1 aliphatic heterocycles. The maximum Gasteiger partial charge on any atom is 0.0232 e. The first kappa shape index (κ1) is 8.87. The SMILES string of the molecule is C[C@@H]1CN(P)[C@@H](C)CN1P. The Bertz CT molecular complexity index is 94.3. The molecule has 1 rings (SSSR count). The second-order valence-corrected chi connectivity index (χ2v) is 4.42. The van der Waals surface area contributed by atoms with Crippen LogP contribution in [0.25, 0.3) is 0 Å². The lowest BCUT2D eigenvalue weighted by atomic mass is 10.2. The van der Waals surface area contributed by atoms with Crippen LogP contribution in [0.2, 0.25) is 0 Å². The lowest BCUT2D eigenvalue weighted by Crippen LogP contribution is -2.48. The highest BCUT2D eigenvalue weighted by Crippen LogP contribution is 2.20. The molecule has 0 bridgehead atoms. The number of nitrogens with zero attached hydrogens (tertiary/aromatic N) is 2. The number of hydrogen-bond donors (Lipinski definition) is 0. The summed E-state index contributed by atoms with van der Waals surface area (Å²) in [6.07, 6.45) is 0. The van der Waals surface area contributed by atoms with Gasteiger partial charge in [-0.1, -0.05) is 18.8 Å². The van der Waals surface area contributed by atoms with E-state index in [1.54, 1.807) is 0 Å². The van der Waals surface area contributed by atoms with Crippen LogP contribution in [0, 0.1) is 0 Å². The van der Waals surface area contributed by atoms with Crippen molar-refractivity contribution in [3.8, 4) is 0 Å². The van der Waals surface area contributed by atoms with Crippen molar-refractivity contribution in [1.29, 1.82) is 0 Å². The number of hydrogen-bond acceptors (Lipinski definition) is 2. The molecule has 0 spiro atoms. The Morgan fingerprint density at radius 3 is 1.60 bits per heavy atom. The van der Waals surface area contributed by atoms with Gasteiger partial charge in [-0.15, -0.1) is 0 Å². The van der Waals surface area contributed by atoms with Crippen molar-refractivity contribution in [2.24, 2.45) is 0 Å². The van der Waals surface area contributed by atoms with Crippen molar-refractivity contribution in [3.63, 3.8) is 0 Å². The van der Waals surface area contributed by atoms with Crippen LogP contribution in [0.4, 0.5) is 0 Å². The Hall–Kier alpha value is 0.780. The highest BCUT2D eigenvalue weighted by atomic mass is 31.0. The summed E-state index contributed by atoms with van der Waals surface area (Å²) in [5, 5.41) is 0. The molecule has 1 fully saturated rings. The zero-order chi connectivity index (χ0) is 7.72. The Morgan fingerprint density at radius 1 is 1.00 bits per heavy atom. The van der Waals surface area contributed by atoms with Gasteiger partial charge in [0.05, 0.1) is 0 Å². The fraction of sp³-hybridized carbons (Fsp3) is 1.00. The second kappa shape index (κ2) is 3.45. The highest BCUT2D eigenvalue weighted by Gasteiger charge is 2.23. The van der Waals surface area contributed by atoms with E-state index < -0.39 is 0 Å². The largest absolute Gasteiger partial charge is 0.282 e. The minimum atomic E-state index is 0.665. The molecule has 2 unspecified atom stereocenters. The van der Waals surface area contributed by atoms with Crippen LogP contribution < -0.4 is 0 Å². The standard InChI is InChI=1S/C6H16N2P2/c1-5-3-8(10)6(2)4-7(5)9/h5-6H,3-4,9-10H2,1-2H3/t5-,6+. The molecular weight excluding hydrogens is 162 g/mol. The summed E-state index contributed by atoms with van der Waals surface area (Å²) >= 11 is 0. The lowest BCUT2D eigenvalue weighted by molar-refractivity contribution is 0.185. The molecule has 0 aromatic rings. The van der Waals surface area contributed by atoms with Crippen molar-refractivity contribution in [2.45, 2.75) is 25.9 Å². The van der Waals surface area contributed by atoms with E-state index >= 15 is 0 Å². The van der Waals surface area contributed by atoms with Gasteiger partial charge in [0.25, 0.3) is 0 Å².